The van der Waals surface area contributed by atoms with Crippen molar-refractivity contribution in [2.45, 2.75) is 26.4 Å². The molecule has 0 N–H and O–H groups in total. The van der Waals surface area contributed by atoms with Crippen LogP contribution in [0.5, 0.6) is 0 Å². The summed E-state index contributed by atoms with van der Waals surface area (Å²) in [5.41, 5.74) is 3.62. The number of carbonyl (C=O) groups excluding carboxylic acids is 1. The first-order valence-corrected chi connectivity index (χ1v) is 6.35. The van der Waals surface area contributed by atoms with Crippen molar-refractivity contribution in [2.24, 2.45) is 0 Å². The highest BCUT2D eigenvalue weighted by Gasteiger charge is 2.32. The maximum atomic E-state index is 12.4. The fourth-order valence-electron chi connectivity index (χ4n) is 2.54. The molecule has 2 aromatic rings. The lowest BCUT2D eigenvalue weighted by Crippen LogP contribution is -2.28. The minimum Gasteiger partial charge on any atom is -0.324 e. The summed E-state index contributed by atoms with van der Waals surface area (Å²) in [7, 11) is 0. The average Bonchev–Trinajstić information content (AvgIpc) is 2.77. The van der Waals surface area contributed by atoms with Gasteiger partial charge in [0.2, 0.25) is 0 Å². The van der Waals surface area contributed by atoms with E-state index in [-0.39, 0.29) is 11.9 Å². The monoisotopic (exact) mass is 253 g/mol. The van der Waals surface area contributed by atoms with Crippen LogP contribution in [0, 0.1) is 6.92 Å². The van der Waals surface area contributed by atoms with Crippen molar-refractivity contribution in [3.05, 3.63) is 59.2 Å². The van der Waals surface area contributed by atoms with Gasteiger partial charge in [0.1, 0.15) is 0 Å². The number of carbonyl (C=O) groups is 1. The van der Waals surface area contributed by atoms with Gasteiger partial charge in [0.15, 0.2) is 0 Å². The Morgan fingerprint density at radius 2 is 1.95 bits per heavy atom. The molecule has 0 unspecified atom stereocenters. The summed E-state index contributed by atoms with van der Waals surface area (Å²) in [4.78, 5) is 22.9. The van der Waals surface area contributed by atoms with Gasteiger partial charge in [-0.1, -0.05) is 6.07 Å². The van der Waals surface area contributed by atoms with Crippen molar-refractivity contribution >= 4 is 5.91 Å². The van der Waals surface area contributed by atoms with E-state index in [4.69, 9.17) is 0 Å². The van der Waals surface area contributed by atoms with Crippen LogP contribution in [0.1, 0.15) is 40.3 Å². The predicted octanol–water partition coefficient (Wildman–Crippen LogP) is 2.50. The number of aryl methyl sites for hydroxylation is 1. The lowest BCUT2D eigenvalue weighted by atomic mass is 10.1. The van der Waals surface area contributed by atoms with Crippen LogP contribution in [0.4, 0.5) is 0 Å². The number of nitrogens with zero attached hydrogens (tertiary/aromatic N) is 3. The van der Waals surface area contributed by atoms with Crippen molar-refractivity contribution in [1.29, 1.82) is 0 Å². The molecule has 1 aliphatic heterocycles. The molecule has 0 saturated heterocycles. The number of fused-ring (bicyclic) bond motifs is 1. The van der Waals surface area contributed by atoms with E-state index in [0.29, 0.717) is 12.1 Å². The molecule has 0 aliphatic carbocycles. The first-order valence-electron chi connectivity index (χ1n) is 6.35. The summed E-state index contributed by atoms with van der Waals surface area (Å²) >= 11 is 0. The number of hydrogen-bond donors (Lipinski definition) is 0. The molecule has 4 nitrogen and oxygen atoms in total. The standard InChI is InChI=1S/C15H15N3O/c1-10-5-3-8-17-14(10)11(2)18-9-13-12(15(18)19)6-4-7-16-13/h3-8,11H,9H2,1-2H3/t11-/m0/s1. The molecule has 96 valence electrons. The van der Waals surface area contributed by atoms with E-state index in [1.807, 2.05) is 36.9 Å². The third kappa shape index (κ3) is 1.89. The van der Waals surface area contributed by atoms with E-state index < -0.39 is 0 Å². The normalized spacial score (nSPS) is 15.5. The second-order valence-electron chi connectivity index (χ2n) is 4.81. The van der Waals surface area contributed by atoms with Gasteiger partial charge in [-0.2, -0.15) is 0 Å². The Morgan fingerprint density at radius 3 is 2.68 bits per heavy atom. The first-order chi connectivity index (χ1) is 9.18. The second kappa shape index (κ2) is 4.46. The maximum absolute atomic E-state index is 12.4. The van der Waals surface area contributed by atoms with Gasteiger partial charge in [-0.05, 0) is 37.6 Å². The van der Waals surface area contributed by atoms with Crippen LogP contribution in [-0.4, -0.2) is 20.8 Å². The Bertz CT molecular complexity index is 639. The molecule has 0 radical (unpaired) electrons. The Labute approximate surface area is 112 Å². The zero-order chi connectivity index (χ0) is 13.4. The van der Waals surface area contributed by atoms with E-state index in [9.17, 15) is 4.79 Å². The SMILES string of the molecule is Cc1cccnc1[C@H](C)N1Cc2ncccc2C1=O. The highest BCUT2D eigenvalue weighted by Crippen LogP contribution is 2.30. The van der Waals surface area contributed by atoms with E-state index in [0.717, 1.165) is 17.0 Å². The number of hydrogen-bond acceptors (Lipinski definition) is 3. The topological polar surface area (TPSA) is 46.1 Å². The van der Waals surface area contributed by atoms with Crippen molar-refractivity contribution in [1.82, 2.24) is 14.9 Å². The lowest BCUT2D eigenvalue weighted by molar-refractivity contribution is 0.0711. The zero-order valence-electron chi connectivity index (χ0n) is 11.0. The van der Waals surface area contributed by atoms with Crippen LogP contribution in [0.3, 0.4) is 0 Å². The van der Waals surface area contributed by atoms with Crippen molar-refractivity contribution in [3.63, 3.8) is 0 Å². The molecule has 2 aromatic heterocycles. The summed E-state index contributed by atoms with van der Waals surface area (Å²) in [6.07, 6.45) is 3.50. The van der Waals surface area contributed by atoms with Gasteiger partial charge in [-0.25, -0.2) is 0 Å². The molecular formula is C15H15N3O. The molecule has 0 fully saturated rings. The molecule has 0 aromatic carbocycles. The minimum absolute atomic E-state index is 0.0390. The summed E-state index contributed by atoms with van der Waals surface area (Å²) in [6.45, 7) is 4.59. The van der Waals surface area contributed by atoms with Crippen LogP contribution in [0.25, 0.3) is 0 Å². The number of pyridine rings is 2. The highest BCUT2D eigenvalue weighted by atomic mass is 16.2. The predicted molar refractivity (Wildman–Crippen MR) is 71.5 cm³/mol. The Hall–Kier alpha value is -2.23. The molecule has 1 amide bonds. The molecule has 4 heteroatoms. The maximum Gasteiger partial charge on any atom is 0.256 e. The summed E-state index contributed by atoms with van der Waals surface area (Å²) < 4.78 is 0. The van der Waals surface area contributed by atoms with Gasteiger partial charge in [0.05, 0.1) is 29.5 Å². The fourth-order valence-corrected chi connectivity index (χ4v) is 2.54. The van der Waals surface area contributed by atoms with Crippen molar-refractivity contribution in [3.8, 4) is 0 Å². The quantitative estimate of drug-likeness (QED) is 0.826. The summed E-state index contributed by atoms with van der Waals surface area (Å²) in [6, 6.07) is 7.53. The van der Waals surface area contributed by atoms with Gasteiger partial charge in [-0.3, -0.25) is 14.8 Å². The third-order valence-electron chi connectivity index (χ3n) is 3.61. The van der Waals surface area contributed by atoms with Gasteiger partial charge in [0.25, 0.3) is 5.91 Å². The van der Waals surface area contributed by atoms with Gasteiger partial charge < -0.3 is 4.90 Å². The molecule has 3 rings (SSSR count). The molecule has 0 bridgehead atoms. The van der Waals surface area contributed by atoms with Gasteiger partial charge in [-0.15, -0.1) is 0 Å². The second-order valence-corrected chi connectivity index (χ2v) is 4.81. The van der Waals surface area contributed by atoms with Crippen LogP contribution in [-0.2, 0) is 6.54 Å². The number of amides is 1. The van der Waals surface area contributed by atoms with Crippen LogP contribution < -0.4 is 0 Å². The van der Waals surface area contributed by atoms with E-state index >= 15 is 0 Å². The molecule has 1 atom stereocenters. The van der Waals surface area contributed by atoms with Crippen molar-refractivity contribution < 1.29 is 4.79 Å². The molecular weight excluding hydrogens is 238 g/mol. The summed E-state index contributed by atoms with van der Waals surface area (Å²) in [5.74, 6) is 0.0423. The Morgan fingerprint density at radius 1 is 1.21 bits per heavy atom. The highest BCUT2D eigenvalue weighted by molar-refractivity contribution is 5.97. The molecule has 3 heterocycles. The lowest BCUT2D eigenvalue weighted by Gasteiger charge is -2.24. The largest absolute Gasteiger partial charge is 0.324 e. The van der Waals surface area contributed by atoms with E-state index in [1.54, 1.807) is 18.5 Å². The van der Waals surface area contributed by atoms with Crippen LogP contribution in [0.2, 0.25) is 0 Å². The zero-order valence-corrected chi connectivity index (χ0v) is 11.0. The Balaban J connectivity index is 1.94. The van der Waals surface area contributed by atoms with Gasteiger partial charge in [0, 0.05) is 12.4 Å². The third-order valence-corrected chi connectivity index (χ3v) is 3.61. The molecule has 0 saturated carbocycles. The molecule has 0 spiro atoms. The van der Waals surface area contributed by atoms with Gasteiger partial charge >= 0.3 is 0 Å². The average molecular weight is 253 g/mol. The van der Waals surface area contributed by atoms with E-state index in [1.165, 1.54) is 0 Å². The first kappa shape index (κ1) is 11.8. The fraction of sp³-hybridized carbons (Fsp3) is 0.267. The minimum atomic E-state index is -0.0390. The number of rotatable bonds is 2. The van der Waals surface area contributed by atoms with Crippen LogP contribution >= 0.6 is 0 Å². The molecule has 19 heavy (non-hydrogen) atoms. The Kier molecular flexibility index (Phi) is 2.78. The van der Waals surface area contributed by atoms with Crippen LogP contribution in [0.15, 0.2) is 36.7 Å². The molecule has 1 aliphatic rings. The summed E-state index contributed by atoms with van der Waals surface area (Å²) in [5, 5.41) is 0. The smallest absolute Gasteiger partial charge is 0.256 e. The van der Waals surface area contributed by atoms with E-state index in [2.05, 4.69) is 9.97 Å². The van der Waals surface area contributed by atoms with Crippen molar-refractivity contribution in [2.75, 3.05) is 0 Å². The number of aromatic nitrogens is 2.